The number of benzene rings is 1. The molecule has 1 heterocycles. The summed E-state index contributed by atoms with van der Waals surface area (Å²) in [5.74, 6) is 0.210. The van der Waals surface area contributed by atoms with E-state index in [-0.39, 0.29) is 24.2 Å². The van der Waals surface area contributed by atoms with Crippen molar-refractivity contribution in [1.82, 2.24) is 10.2 Å². The Bertz CT molecular complexity index is 502. The Morgan fingerprint density at radius 1 is 1.27 bits per heavy atom. The zero-order valence-electron chi connectivity index (χ0n) is 12.3. The van der Waals surface area contributed by atoms with Crippen molar-refractivity contribution in [3.8, 4) is 5.75 Å². The van der Waals surface area contributed by atoms with E-state index in [1.54, 1.807) is 12.1 Å². The molecule has 0 bridgehead atoms. The van der Waals surface area contributed by atoms with Crippen molar-refractivity contribution >= 4 is 12.4 Å². The van der Waals surface area contributed by atoms with E-state index in [9.17, 15) is 13.2 Å². The molecule has 1 aliphatic rings. The Balaban J connectivity index is 0.00000242. The van der Waals surface area contributed by atoms with Gasteiger partial charge in [0.1, 0.15) is 5.75 Å². The van der Waals surface area contributed by atoms with Crippen LogP contribution in [0.15, 0.2) is 30.9 Å². The molecule has 1 aromatic carbocycles. The number of nitrogens with zero attached hydrogens (tertiary/aromatic N) is 1. The van der Waals surface area contributed by atoms with Crippen LogP contribution in [0.2, 0.25) is 0 Å². The largest absolute Gasteiger partial charge is 0.497 e. The van der Waals surface area contributed by atoms with E-state index in [2.05, 4.69) is 16.8 Å². The first-order valence-electron chi connectivity index (χ1n) is 6.79. The minimum Gasteiger partial charge on any atom is -0.497 e. The van der Waals surface area contributed by atoms with E-state index in [4.69, 9.17) is 4.74 Å². The second-order valence-corrected chi connectivity index (χ2v) is 4.96. The highest BCUT2D eigenvalue weighted by molar-refractivity contribution is 5.85. The lowest BCUT2D eigenvalue weighted by molar-refractivity contribution is -0.137. The van der Waals surface area contributed by atoms with Crippen LogP contribution in [0.25, 0.3) is 0 Å². The number of rotatable bonds is 4. The average Bonchev–Trinajstić information content (AvgIpc) is 2.48. The third-order valence-electron chi connectivity index (χ3n) is 3.60. The SMILES string of the molecule is C=C[C@H](c1cc(OC)cc(C(F)(F)F)c1)N1CCNCC1.Cl. The van der Waals surface area contributed by atoms with E-state index >= 15 is 0 Å². The highest BCUT2D eigenvalue weighted by Crippen LogP contribution is 2.35. The first-order chi connectivity index (χ1) is 9.95. The minimum absolute atomic E-state index is 0. The quantitative estimate of drug-likeness (QED) is 0.854. The number of nitrogens with one attached hydrogen (secondary N) is 1. The summed E-state index contributed by atoms with van der Waals surface area (Å²) in [6, 6.07) is 3.59. The van der Waals surface area contributed by atoms with E-state index in [1.165, 1.54) is 13.2 Å². The summed E-state index contributed by atoms with van der Waals surface area (Å²) in [5.41, 5.74) is -0.141. The van der Waals surface area contributed by atoms with Crippen LogP contribution < -0.4 is 10.1 Å². The highest BCUT2D eigenvalue weighted by Gasteiger charge is 2.32. The Hall–Kier alpha value is -1.24. The van der Waals surface area contributed by atoms with Crippen molar-refractivity contribution in [1.29, 1.82) is 0 Å². The highest BCUT2D eigenvalue weighted by atomic mass is 35.5. The molecule has 0 spiro atoms. The Kier molecular flexibility index (Phi) is 6.71. The Labute approximate surface area is 134 Å². The molecule has 7 heteroatoms. The van der Waals surface area contributed by atoms with Gasteiger partial charge in [-0.3, -0.25) is 4.90 Å². The molecule has 0 unspecified atom stereocenters. The second-order valence-electron chi connectivity index (χ2n) is 4.96. The summed E-state index contributed by atoms with van der Waals surface area (Å²) in [6.45, 7) is 6.96. The van der Waals surface area contributed by atoms with Gasteiger partial charge in [0.25, 0.3) is 0 Å². The molecule has 0 aromatic heterocycles. The maximum Gasteiger partial charge on any atom is 0.416 e. The first kappa shape index (κ1) is 18.8. The molecule has 1 aromatic rings. The summed E-state index contributed by atoms with van der Waals surface area (Å²) in [6.07, 6.45) is -2.71. The predicted molar refractivity (Wildman–Crippen MR) is 82.6 cm³/mol. The molecule has 1 atom stereocenters. The lowest BCUT2D eigenvalue weighted by Crippen LogP contribution is -2.44. The average molecular weight is 337 g/mol. The van der Waals surface area contributed by atoms with Crippen LogP contribution in [0.4, 0.5) is 13.2 Å². The van der Waals surface area contributed by atoms with Crippen molar-refractivity contribution in [2.75, 3.05) is 33.3 Å². The summed E-state index contributed by atoms with van der Waals surface area (Å²) in [5, 5.41) is 3.22. The van der Waals surface area contributed by atoms with Crippen LogP contribution in [0, 0.1) is 0 Å². The van der Waals surface area contributed by atoms with Gasteiger partial charge < -0.3 is 10.1 Å². The third-order valence-corrected chi connectivity index (χ3v) is 3.60. The predicted octanol–water partition coefficient (Wildman–Crippen LogP) is 3.27. The fraction of sp³-hybridized carbons (Fsp3) is 0.467. The zero-order chi connectivity index (χ0) is 15.5. The van der Waals surface area contributed by atoms with Crippen LogP contribution >= 0.6 is 12.4 Å². The standard InChI is InChI=1S/C15H19F3N2O.ClH/c1-3-14(20-6-4-19-5-7-20)11-8-12(15(16,17)18)10-13(9-11)21-2;/h3,8-10,14,19H,1,4-7H2,2H3;1H/t14-;/m1./s1. The molecule has 3 nitrogen and oxygen atoms in total. The molecule has 0 aliphatic carbocycles. The molecule has 22 heavy (non-hydrogen) atoms. The minimum atomic E-state index is -4.39. The van der Waals surface area contributed by atoms with Gasteiger partial charge in [-0.15, -0.1) is 19.0 Å². The topological polar surface area (TPSA) is 24.5 Å². The van der Waals surface area contributed by atoms with Gasteiger partial charge >= 0.3 is 6.18 Å². The Morgan fingerprint density at radius 2 is 1.91 bits per heavy atom. The lowest BCUT2D eigenvalue weighted by Gasteiger charge is -2.33. The number of methoxy groups -OCH3 is 1. The normalized spacial score (nSPS) is 17.5. The number of alkyl halides is 3. The molecule has 1 aliphatic heterocycles. The number of hydrogen-bond acceptors (Lipinski definition) is 3. The molecule has 0 radical (unpaired) electrons. The van der Waals surface area contributed by atoms with Crippen LogP contribution in [0.1, 0.15) is 17.2 Å². The molecule has 1 saturated heterocycles. The molecule has 2 rings (SSSR count). The molecule has 0 saturated carbocycles. The summed E-state index contributed by atoms with van der Waals surface area (Å²) >= 11 is 0. The summed E-state index contributed by atoms with van der Waals surface area (Å²) in [7, 11) is 1.37. The summed E-state index contributed by atoms with van der Waals surface area (Å²) < 4.78 is 44.0. The molecule has 1 fully saturated rings. The van der Waals surface area contributed by atoms with E-state index < -0.39 is 11.7 Å². The van der Waals surface area contributed by atoms with Crippen molar-refractivity contribution in [3.63, 3.8) is 0 Å². The van der Waals surface area contributed by atoms with Gasteiger partial charge in [0.05, 0.1) is 18.7 Å². The molecule has 124 valence electrons. The smallest absolute Gasteiger partial charge is 0.416 e. The number of hydrogen-bond donors (Lipinski definition) is 1. The second kappa shape index (κ2) is 7.85. The van der Waals surface area contributed by atoms with Crippen molar-refractivity contribution < 1.29 is 17.9 Å². The van der Waals surface area contributed by atoms with Crippen LogP contribution in [-0.2, 0) is 6.18 Å². The monoisotopic (exact) mass is 336 g/mol. The third kappa shape index (κ3) is 4.38. The van der Waals surface area contributed by atoms with Crippen LogP contribution in [0.3, 0.4) is 0 Å². The molecular weight excluding hydrogens is 317 g/mol. The molecule has 0 amide bonds. The number of piperazine rings is 1. The molecule has 1 N–H and O–H groups in total. The maximum absolute atomic E-state index is 13.0. The van der Waals surface area contributed by atoms with Gasteiger partial charge in [-0.05, 0) is 23.8 Å². The Morgan fingerprint density at radius 3 is 2.41 bits per heavy atom. The van der Waals surface area contributed by atoms with Gasteiger partial charge in [-0.25, -0.2) is 0 Å². The van der Waals surface area contributed by atoms with E-state index in [1.807, 2.05) is 0 Å². The van der Waals surface area contributed by atoms with Crippen molar-refractivity contribution in [3.05, 3.63) is 42.0 Å². The van der Waals surface area contributed by atoms with Gasteiger partial charge in [0.2, 0.25) is 0 Å². The van der Waals surface area contributed by atoms with Crippen LogP contribution in [0.5, 0.6) is 5.75 Å². The van der Waals surface area contributed by atoms with E-state index in [0.717, 1.165) is 32.2 Å². The van der Waals surface area contributed by atoms with Crippen molar-refractivity contribution in [2.45, 2.75) is 12.2 Å². The number of ether oxygens (including phenoxy) is 1. The summed E-state index contributed by atoms with van der Waals surface area (Å²) in [4.78, 5) is 2.11. The van der Waals surface area contributed by atoms with Crippen molar-refractivity contribution in [2.24, 2.45) is 0 Å². The molecular formula is C15H20ClF3N2O. The van der Waals surface area contributed by atoms with Gasteiger partial charge in [0.15, 0.2) is 0 Å². The lowest BCUT2D eigenvalue weighted by atomic mass is 10.0. The fourth-order valence-electron chi connectivity index (χ4n) is 2.53. The van der Waals surface area contributed by atoms with E-state index in [0.29, 0.717) is 5.56 Å². The zero-order valence-corrected chi connectivity index (χ0v) is 13.1. The first-order valence-corrected chi connectivity index (χ1v) is 6.79. The van der Waals surface area contributed by atoms with Gasteiger partial charge in [0, 0.05) is 26.2 Å². The van der Waals surface area contributed by atoms with Gasteiger partial charge in [-0.2, -0.15) is 13.2 Å². The maximum atomic E-state index is 13.0. The fourth-order valence-corrected chi connectivity index (χ4v) is 2.53. The van der Waals surface area contributed by atoms with Gasteiger partial charge in [-0.1, -0.05) is 6.08 Å². The van der Waals surface area contributed by atoms with Crippen LogP contribution in [-0.4, -0.2) is 38.2 Å². The number of halogens is 4.